The molecule has 1 saturated carbocycles. The molecular weight excluding hydrogens is 164 g/mol. The van der Waals surface area contributed by atoms with E-state index in [1.165, 1.54) is 32.1 Å². The lowest BCUT2D eigenvalue weighted by Crippen LogP contribution is -2.19. The van der Waals surface area contributed by atoms with Gasteiger partial charge in [0.2, 0.25) is 0 Å². The molecule has 0 spiro atoms. The Morgan fingerprint density at radius 2 is 2.15 bits per heavy atom. The van der Waals surface area contributed by atoms with Crippen LogP contribution in [0.25, 0.3) is 0 Å². The molecule has 0 aliphatic heterocycles. The highest BCUT2D eigenvalue weighted by Crippen LogP contribution is 2.22. The average Bonchev–Trinajstić information content (AvgIpc) is 2.53. The fraction of sp³-hybridized carbons (Fsp3) is 0.700. The van der Waals surface area contributed by atoms with Gasteiger partial charge < -0.3 is 4.74 Å². The van der Waals surface area contributed by atoms with E-state index < -0.39 is 0 Å². The van der Waals surface area contributed by atoms with Crippen molar-refractivity contribution in [1.29, 1.82) is 0 Å². The van der Waals surface area contributed by atoms with Gasteiger partial charge in [-0.2, -0.15) is 5.10 Å². The number of nitrogens with zero attached hydrogens (tertiary/aromatic N) is 2. The van der Waals surface area contributed by atoms with Crippen molar-refractivity contribution in [3.8, 4) is 5.75 Å². The monoisotopic (exact) mass is 180 g/mol. The minimum atomic E-state index is 0.429. The van der Waals surface area contributed by atoms with E-state index in [9.17, 15) is 0 Å². The summed E-state index contributed by atoms with van der Waals surface area (Å²) in [6.07, 6.45) is 10.5. The van der Waals surface area contributed by atoms with Crippen LogP contribution in [0.2, 0.25) is 0 Å². The summed E-state index contributed by atoms with van der Waals surface area (Å²) in [6, 6.07) is 0. The highest BCUT2D eigenvalue weighted by Gasteiger charge is 2.14. The summed E-state index contributed by atoms with van der Waals surface area (Å²) in [5.74, 6) is 0.911. The number of aromatic nitrogens is 2. The molecule has 72 valence electrons. The number of hydrogen-bond acceptors (Lipinski definition) is 2. The van der Waals surface area contributed by atoms with Gasteiger partial charge in [-0.05, 0) is 25.7 Å². The standard InChI is InChI=1S/C10H16N2O/c1-12-8-10(7-11-12)13-9-5-3-2-4-6-9/h7-9H,2-6H2,1H3. The zero-order valence-electron chi connectivity index (χ0n) is 8.07. The lowest BCUT2D eigenvalue weighted by Gasteiger charge is -2.21. The Morgan fingerprint density at radius 3 is 2.77 bits per heavy atom. The Balaban J connectivity index is 1.89. The molecule has 2 rings (SSSR count). The predicted molar refractivity (Wildman–Crippen MR) is 50.7 cm³/mol. The molecule has 1 aliphatic rings. The van der Waals surface area contributed by atoms with Gasteiger partial charge in [0, 0.05) is 7.05 Å². The maximum Gasteiger partial charge on any atom is 0.157 e. The number of rotatable bonds is 2. The first kappa shape index (κ1) is 8.60. The second-order valence-corrected chi connectivity index (χ2v) is 3.73. The van der Waals surface area contributed by atoms with E-state index in [0.29, 0.717) is 6.10 Å². The quantitative estimate of drug-likeness (QED) is 0.697. The van der Waals surface area contributed by atoms with Crippen LogP contribution in [0.4, 0.5) is 0 Å². The zero-order valence-corrected chi connectivity index (χ0v) is 8.07. The molecule has 1 fully saturated rings. The molecule has 1 aliphatic carbocycles. The minimum absolute atomic E-state index is 0.429. The first-order chi connectivity index (χ1) is 6.34. The van der Waals surface area contributed by atoms with Crippen LogP contribution in [0.5, 0.6) is 5.75 Å². The molecule has 1 heterocycles. The molecule has 0 radical (unpaired) electrons. The van der Waals surface area contributed by atoms with Gasteiger partial charge in [-0.1, -0.05) is 6.42 Å². The SMILES string of the molecule is Cn1cc(OC2CCCCC2)cn1. The Kier molecular flexibility index (Phi) is 2.52. The molecule has 0 atom stereocenters. The van der Waals surface area contributed by atoms with E-state index in [1.54, 1.807) is 10.9 Å². The largest absolute Gasteiger partial charge is 0.487 e. The second-order valence-electron chi connectivity index (χ2n) is 3.73. The highest BCUT2D eigenvalue weighted by molar-refractivity contribution is 5.11. The third-order valence-electron chi connectivity index (χ3n) is 2.54. The summed E-state index contributed by atoms with van der Waals surface area (Å²) < 4.78 is 7.57. The summed E-state index contributed by atoms with van der Waals surface area (Å²) >= 11 is 0. The zero-order chi connectivity index (χ0) is 9.10. The Bertz CT molecular complexity index is 264. The van der Waals surface area contributed by atoms with E-state index in [2.05, 4.69) is 5.10 Å². The van der Waals surface area contributed by atoms with Gasteiger partial charge in [0.15, 0.2) is 5.75 Å². The molecule has 0 N–H and O–H groups in total. The maximum absolute atomic E-state index is 5.79. The van der Waals surface area contributed by atoms with Crippen LogP contribution in [0, 0.1) is 0 Å². The van der Waals surface area contributed by atoms with Crippen LogP contribution >= 0.6 is 0 Å². The van der Waals surface area contributed by atoms with Crippen molar-refractivity contribution in [2.45, 2.75) is 38.2 Å². The van der Waals surface area contributed by atoms with Crippen molar-refractivity contribution in [3.05, 3.63) is 12.4 Å². The number of aryl methyl sites for hydroxylation is 1. The summed E-state index contributed by atoms with van der Waals surface area (Å²) in [5, 5.41) is 4.07. The molecule has 0 bridgehead atoms. The van der Waals surface area contributed by atoms with Crippen LogP contribution in [0.1, 0.15) is 32.1 Å². The normalized spacial score (nSPS) is 18.8. The Labute approximate surface area is 78.7 Å². The molecule has 0 amide bonds. The minimum Gasteiger partial charge on any atom is -0.487 e. The van der Waals surface area contributed by atoms with Crippen molar-refractivity contribution in [2.24, 2.45) is 7.05 Å². The van der Waals surface area contributed by atoms with Crippen molar-refractivity contribution in [2.75, 3.05) is 0 Å². The van der Waals surface area contributed by atoms with Gasteiger partial charge in [-0.25, -0.2) is 0 Å². The first-order valence-electron chi connectivity index (χ1n) is 5.00. The summed E-state index contributed by atoms with van der Waals surface area (Å²) in [7, 11) is 1.91. The molecule has 0 saturated heterocycles. The fourth-order valence-electron chi connectivity index (χ4n) is 1.84. The Morgan fingerprint density at radius 1 is 1.38 bits per heavy atom. The predicted octanol–water partition coefficient (Wildman–Crippen LogP) is 2.13. The van der Waals surface area contributed by atoms with Gasteiger partial charge >= 0.3 is 0 Å². The first-order valence-corrected chi connectivity index (χ1v) is 5.00. The van der Waals surface area contributed by atoms with Crippen LogP contribution in [-0.2, 0) is 7.05 Å². The van der Waals surface area contributed by atoms with E-state index in [-0.39, 0.29) is 0 Å². The number of ether oxygens (including phenoxy) is 1. The molecule has 13 heavy (non-hydrogen) atoms. The molecular formula is C10H16N2O. The van der Waals surface area contributed by atoms with Gasteiger partial charge in [-0.15, -0.1) is 0 Å². The maximum atomic E-state index is 5.79. The van der Waals surface area contributed by atoms with Crippen LogP contribution in [0.15, 0.2) is 12.4 Å². The van der Waals surface area contributed by atoms with Crippen LogP contribution in [-0.4, -0.2) is 15.9 Å². The van der Waals surface area contributed by atoms with E-state index in [4.69, 9.17) is 4.74 Å². The lowest BCUT2D eigenvalue weighted by molar-refractivity contribution is 0.155. The van der Waals surface area contributed by atoms with E-state index in [0.717, 1.165) is 5.75 Å². The highest BCUT2D eigenvalue weighted by atomic mass is 16.5. The van der Waals surface area contributed by atoms with E-state index in [1.807, 2.05) is 13.2 Å². The molecule has 3 heteroatoms. The van der Waals surface area contributed by atoms with Gasteiger partial charge in [0.1, 0.15) is 0 Å². The molecule has 1 aromatic rings. The molecule has 1 aromatic heterocycles. The fourth-order valence-corrected chi connectivity index (χ4v) is 1.84. The van der Waals surface area contributed by atoms with Crippen molar-refractivity contribution < 1.29 is 4.74 Å². The third-order valence-corrected chi connectivity index (χ3v) is 2.54. The topological polar surface area (TPSA) is 27.1 Å². The molecule has 0 unspecified atom stereocenters. The van der Waals surface area contributed by atoms with Crippen molar-refractivity contribution in [1.82, 2.24) is 9.78 Å². The van der Waals surface area contributed by atoms with Crippen molar-refractivity contribution in [3.63, 3.8) is 0 Å². The molecule has 0 aromatic carbocycles. The van der Waals surface area contributed by atoms with Gasteiger partial charge in [0.25, 0.3) is 0 Å². The lowest BCUT2D eigenvalue weighted by atomic mass is 9.98. The third kappa shape index (κ3) is 2.23. The summed E-state index contributed by atoms with van der Waals surface area (Å²) in [6.45, 7) is 0. The average molecular weight is 180 g/mol. The van der Waals surface area contributed by atoms with Gasteiger partial charge in [-0.3, -0.25) is 4.68 Å². The Hall–Kier alpha value is -0.990. The smallest absolute Gasteiger partial charge is 0.157 e. The summed E-state index contributed by atoms with van der Waals surface area (Å²) in [5.41, 5.74) is 0. The number of hydrogen-bond donors (Lipinski definition) is 0. The van der Waals surface area contributed by atoms with Crippen molar-refractivity contribution >= 4 is 0 Å². The summed E-state index contributed by atoms with van der Waals surface area (Å²) in [4.78, 5) is 0. The van der Waals surface area contributed by atoms with Crippen LogP contribution < -0.4 is 4.74 Å². The van der Waals surface area contributed by atoms with Gasteiger partial charge in [0.05, 0.1) is 18.5 Å². The van der Waals surface area contributed by atoms with E-state index >= 15 is 0 Å². The molecule has 3 nitrogen and oxygen atoms in total. The van der Waals surface area contributed by atoms with Crippen LogP contribution in [0.3, 0.4) is 0 Å². The second kappa shape index (κ2) is 3.81.